The third kappa shape index (κ3) is 4.71. The first kappa shape index (κ1) is 24.0. The predicted octanol–water partition coefficient (Wildman–Crippen LogP) is 5.06. The van der Waals surface area contributed by atoms with Crippen LogP contribution in [0.4, 0.5) is 10.1 Å². The smallest absolute Gasteiger partial charge is 0.261 e. The highest BCUT2D eigenvalue weighted by molar-refractivity contribution is 5.87. The summed E-state index contributed by atoms with van der Waals surface area (Å²) in [7, 11) is 0. The normalized spacial score (nSPS) is 14.5. The Balaban J connectivity index is 1.68. The minimum Gasteiger partial charge on any atom is -0.507 e. The molecule has 1 aliphatic heterocycles. The molecule has 0 radical (unpaired) electrons. The number of nitrogens with zero attached hydrogens (tertiary/aromatic N) is 3. The lowest BCUT2D eigenvalue weighted by atomic mass is 10.00. The number of phenols is 1. The number of anilines is 1. The van der Waals surface area contributed by atoms with E-state index in [-0.39, 0.29) is 16.7 Å². The average molecular weight is 465 g/mol. The molecule has 0 saturated carbocycles. The first-order valence-electron chi connectivity index (χ1n) is 12.1. The fourth-order valence-electron chi connectivity index (χ4n) is 4.43. The molecule has 1 aliphatic rings. The molecular formula is C27H33FN4O2. The molecule has 0 amide bonds. The zero-order valence-corrected chi connectivity index (χ0v) is 20.4. The summed E-state index contributed by atoms with van der Waals surface area (Å²) in [6.07, 6.45) is 2.52. The summed E-state index contributed by atoms with van der Waals surface area (Å²) in [5.74, 6) is 0.657. The fraction of sp³-hybridized carbons (Fsp3) is 0.407. The number of hydrogen-bond donors (Lipinski definition) is 2. The van der Waals surface area contributed by atoms with E-state index in [0.717, 1.165) is 30.8 Å². The summed E-state index contributed by atoms with van der Waals surface area (Å²) in [4.78, 5) is 20.1. The van der Waals surface area contributed by atoms with Crippen LogP contribution in [-0.4, -0.2) is 45.7 Å². The van der Waals surface area contributed by atoms with E-state index in [1.54, 1.807) is 16.7 Å². The Morgan fingerprint density at radius 3 is 2.68 bits per heavy atom. The third-order valence-electron chi connectivity index (χ3n) is 6.62. The van der Waals surface area contributed by atoms with Gasteiger partial charge in [-0.3, -0.25) is 9.36 Å². The van der Waals surface area contributed by atoms with Gasteiger partial charge < -0.3 is 15.3 Å². The number of halogens is 1. The Kier molecular flexibility index (Phi) is 7.03. The lowest BCUT2D eigenvalue weighted by Crippen LogP contribution is -2.28. The molecule has 6 nitrogen and oxygen atoms in total. The van der Waals surface area contributed by atoms with Gasteiger partial charge in [0, 0.05) is 25.2 Å². The first-order valence-corrected chi connectivity index (χ1v) is 12.1. The van der Waals surface area contributed by atoms with E-state index >= 15 is 0 Å². The zero-order chi connectivity index (χ0) is 24.4. The maximum absolute atomic E-state index is 14.7. The highest BCUT2D eigenvalue weighted by Gasteiger charge is 2.22. The van der Waals surface area contributed by atoms with Gasteiger partial charge >= 0.3 is 0 Å². The van der Waals surface area contributed by atoms with E-state index in [4.69, 9.17) is 4.98 Å². The highest BCUT2D eigenvalue weighted by atomic mass is 19.1. The van der Waals surface area contributed by atoms with Crippen molar-refractivity contribution in [1.82, 2.24) is 14.5 Å². The molecule has 3 aromatic rings. The van der Waals surface area contributed by atoms with Gasteiger partial charge in [0.05, 0.1) is 16.6 Å². The molecule has 34 heavy (non-hydrogen) atoms. The topological polar surface area (TPSA) is 70.4 Å². The van der Waals surface area contributed by atoms with Gasteiger partial charge in [0.25, 0.3) is 5.56 Å². The maximum atomic E-state index is 14.7. The Morgan fingerprint density at radius 1 is 1.24 bits per heavy atom. The SMILES string of the molecule is CCN(CC)CCNc1cc2nc3n(c(=O)c2cc1F)CC/C3=C\c1ccc(C(C)C)cc1O. The van der Waals surface area contributed by atoms with Crippen LogP contribution in [0.1, 0.15) is 57.0 Å². The number of aromatic nitrogens is 2. The number of rotatable bonds is 8. The Labute approximate surface area is 199 Å². The number of nitrogens with one attached hydrogen (secondary N) is 1. The lowest BCUT2D eigenvalue weighted by Gasteiger charge is -2.18. The van der Waals surface area contributed by atoms with Crippen LogP contribution in [0.25, 0.3) is 22.6 Å². The molecule has 0 bridgehead atoms. The summed E-state index contributed by atoms with van der Waals surface area (Å²) < 4.78 is 16.3. The van der Waals surface area contributed by atoms with Gasteiger partial charge in [-0.05, 0) is 60.8 Å². The second-order valence-electron chi connectivity index (χ2n) is 9.09. The molecule has 0 atom stereocenters. The molecule has 0 unspecified atom stereocenters. The van der Waals surface area contributed by atoms with Gasteiger partial charge in [-0.2, -0.15) is 0 Å². The third-order valence-corrected chi connectivity index (χ3v) is 6.62. The molecule has 1 aromatic heterocycles. The molecule has 0 aliphatic carbocycles. The maximum Gasteiger partial charge on any atom is 0.261 e. The van der Waals surface area contributed by atoms with Crippen molar-refractivity contribution in [1.29, 1.82) is 0 Å². The molecule has 0 fully saturated rings. The first-order chi connectivity index (χ1) is 16.3. The number of phenolic OH excluding ortho intramolecular Hbond substituents is 1. The van der Waals surface area contributed by atoms with Gasteiger partial charge in [-0.15, -0.1) is 0 Å². The standard InChI is InChI=1S/C27H33FN4O2/c1-5-31(6-2)12-10-29-24-16-23-21(15-22(24)28)27(34)32-11-9-20(26(32)30-23)13-19-8-7-18(17(3)4)14-25(19)33/h7-8,13-17,29,33H,5-6,9-12H2,1-4H3/b20-13+. The van der Waals surface area contributed by atoms with E-state index in [0.29, 0.717) is 48.0 Å². The molecule has 7 heteroatoms. The molecular weight excluding hydrogens is 431 g/mol. The van der Waals surface area contributed by atoms with Crippen molar-refractivity contribution in [3.05, 3.63) is 63.5 Å². The Hall–Kier alpha value is -3.19. The molecule has 0 spiro atoms. The molecule has 2 heterocycles. The molecule has 2 N–H and O–H groups in total. The van der Waals surface area contributed by atoms with Gasteiger partial charge in [0.2, 0.25) is 0 Å². The number of allylic oxidation sites excluding steroid dienone is 1. The largest absolute Gasteiger partial charge is 0.507 e. The zero-order valence-electron chi connectivity index (χ0n) is 20.4. The molecule has 180 valence electrons. The van der Waals surface area contributed by atoms with Gasteiger partial charge in [-0.25, -0.2) is 9.37 Å². The predicted molar refractivity (Wildman–Crippen MR) is 137 cm³/mol. The van der Waals surface area contributed by atoms with E-state index < -0.39 is 5.82 Å². The van der Waals surface area contributed by atoms with Crippen molar-refractivity contribution in [2.24, 2.45) is 0 Å². The second-order valence-corrected chi connectivity index (χ2v) is 9.09. The Morgan fingerprint density at radius 2 is 2.00 bits per heavy atom. The van der Waals surface area contributed by atoms with Crippen LogP contribution in [0, 0.1) is 5.82 Å². The minimum absolute atomic E-state index is 0.210. The number of fused-ring (bicyclic) bond motifs is 2. The molecule has 2 aromatic carbocycles. The lowest BCUT2D eigenvalue weighted by molar-refractivity contribution is 0.316. The number of hydrogen-bond acceptors (Lipinski definition) is 5. The van der Waals surface area contributed by atoms with Crippen LogP contribution >= 0.6 is 0 Å². The monoisotopic (exact) mass is 464 g/mol. The van der Waals surface area contributed by atoms with Crippen LogP contribution in [0.3, 0.4) is 0 Å². The van der Waals surface area contributed by atoms with Crippen LogP contribution in [0.2, 0.25) is 0 Å². The van der Waals surface area contributed by atoms with E-state index in [1.165, 1.54) is 6.07 Å². The molecule has 0 saturated heterocycles. The van der Waals surface area contributed by atoms with Crippen molar-refractivity contribution in [2.45, 2.75) is 46.6 Å². The summed E-state index contributed by atoms with van der Waals surface area (Å²) in [6.45, 7) is 12.1. The fourth-order valence-corrected chi connectivity index (χ4v) is 4.43. The second kappa shape index (κ2) is 9.97. The van der Waals surface area contributed by atoms with Crippen molar-refractivity contribution >= 4 is 28.2 Å². The van der Waals surface area contributed by atoms with E-state index in [2.05, 4.69) is 37.9 Å². The number of likely N-dealkylation sites (N-methyl/N-ethyl adjacent to an activating group) is 1. The van der Waals surface area contributed by atoms with Gasteiger partial charge in [0.1, 0.15) is 17.4 Å². The van der Waals surface area contributed by atoms with Crippen LogP contribution in [-0.2, 0) is 6.54 Å². The summed E-state index contributed by atoms with van der Waals surface area (Å²) in [5.41, 5.74) is 3.22. The van der Waals surface area contributed by atoms with Crippen molar-refractivity contribution in [3.63, 3.8) is 0 Å². The number of benzene rings is 2. The van der Waals surface area contributed by atoms with Crippen molar-refractivity contribution in [3.8, 4) is 5.75 Å². The van der Waals surface area contributed by atoms with E-state index in [9.17, 15) is 14.3 Å². The van der Waals surface area contributed by atoms with Crippen molar-refractivity contribution in [2.75, 3.05) is 31.5 Å². The quantitative estimate of drug-likeness (QED) is 0.488. The molecule has 4 rings (SSSR count). The summed E-state index contributed by atoms with van der Waals surface area (Å²) >= 11 is 0. The van der Waals surface area contributed by atoms with Crippen LogP contribution < -0.4 is 10.9 Å². The van der Waals surface area contributed by atoms with Crippen molar-refractivity contribution < 1.29 is 9.50 Å². The Bertz CT molecular complexity index is 1290. The van der Waals surface area contributed by atoms with Gasteiger partial charge in [0.15, 0.2) is 0 Å². The number of aromatic hydroxyl groups is 1. The highest BCUT2D eigenvalue weighted by Crippen LogP contribution is 2.32. The van der Waals surface area contributed by atoms with E-state index in [1.807, 2.05) is 18.2 Å². The average Bonchev–Trinajstić information content (AvgIpc) is 3.21. The summed E-state index contributed by atoms with van der Waals surface area (Å²) in [5, 5.41) is 13.9. The summed E-state index contributed by atoms with van der Waals surface area (Å²) in [6, 6.07) is 8.60. The minimum atomic E-state index is -0.449. The van der Waals surface area contributed by atoms with Crippen LogP contribution in [0.15, 0.2) is 35.1 Å². The van der Waals surface area contributed by atoms with Gasteiger partial charge in [-0.1, -0.05) is 39.8 Å². The van der Waals surface area contributed by atoms with Crippen LogP contribution in [0.5, 0.6) is 5.75 Å².